The molecular formula is C17H17BrN2O3. The molecule has 0 spiro atoms. The van der Waals surface area contributed by atoms with Crippen molar-refractivity contribution in [2.24, 2.45) is 0 Å². The van der Waals surface area contributed by atoms with E-state index >= 15 is 0 Å². The monoisotopic (exact) mass is 376 g/mol. The van der Waals surface area contributed by atoms with Crippen LogP contribution in [0.15, 0.2) is 45.5 Å². The first-order valence-corrected chi connectivity index (χ1v) is 8.24. The van der Waals surface area contributed by atoms with Crippen molar-refractivity contribution in [1.82, 2.24) is 10.2 Å². The van der Waals surface area contributed by atoms with Crippen LogP contribution >= 0.6 is 15.9 Å². The summed E-state index contributed by atoms with van der Waals surface area (Å²) in [5.41, 5.74) is 1.72. The molecule has 1 aromatic heterocycles. The number of benzene rings is 1. The van der Waals surface area contributed by atoms with Crippen LogP contribution in [-0.4, -0.2) is 29.8 Å². The Kier molecular flexibility index (Phi) is 4.52. The second kappa shape index (κ2) is 6.58. The normalized spacial score (nSPS) is 18.4. The Morgan fingerprint density at radius 3 is 2.74 bits per heavy atom. The Balaban J connectivity index is 1.97. The number of rotatable bonds is 2. The zero-order valence-electron chi connectivity index (χ0n) is 12.7. The van der Waals surface area contributed by atoms with Crippen LogP contribution in [-0.2, 0) is 4.79 Å². The van der Waals surface area contributed by atoms with Crippen molar-refractivity contribution < 1.29 is 14.0 Å². The highest BCUT2D eigenvalue weighted by Crippen LogP contribution is 2.29. The molecule has 2 aromatic rings. The molecule has 3 rings (SSSR count). The molecule has 5 nitrogen and oxygen atoms in total. The van der Waals surface area contributed by atoms with Crippen LogP contribution in [0.1, 0.15) is 34.1 Å². The first-order chi connectivity index (χ1) is 11.1. The Labute approximate surface area is 142 Å². The van der Waals surface area contributed by atoms with E-state index in [1.807, 2.05) is 37.3 Å². The second-order valence-corrected chi connectivity index (χ2v) is 6.32. The molecule has 1 aromatic carbocycles. The Bertz CT molecular complexity index is 727. The van der Waals surface area contributed by atoms with Crippen molar-refractivity contribution >= 4 is 27.7 Å². The lowest BCUT2D eigenvalue weighted by Crippen LogP contribution is -2.36. The fourth-order valence-electron chi connectivity index (χ4n) is 2.83. The van der Waals surface area contributed by atoms with Crippen LogP contribution in [0.5, 0.6) is 0 Å². The van der Waals surface area contributed by atoms with Gasteiger partial charge in [-0.15, -0.1) is 0 Å². The van der Waals surface area contributed by atoms with Gasteiger partial charge in [0, 0.05) is 18.7 Å². The number of hydrogen-bond acceptors (Lipinski definition) is 3. The number of nitrogens with zero attached hydrogens (tertiary/aromatic N) is 1. The van der Waals surface area contributed by atoms with Crippen LogP contribution in [0, 0.1) is 6.92 Å². The molecule has 0 saturated carbocycles. The summed E-state index contributed by atoms with van der Waals surface area (Å²) in [6.07, 6.45) is 0.247. The van der Waals surface area contributed by atoms with E-state index < -0.39 is 0 Å². The summed E-state index contributed by atoms with van der Waals surface area (Å²) in [7, 11) is 0. The molecule has 0 aliphatic carbocycles. The van der Waals surface area contributed by atoms with Gasteiger partial charge in [0.05, 0.1) is 12.5 Å². The van der Waals surface area contributed by atoms with Gasteiger partial charge in [0.1, 0.15) is 0 Å². The average molecular weight is 377 g/mol. The van der Waals surface area contributed by atoms with Gasteiger partial charge in [-0.1, -0.05) is 30.3 Å². The van der Waals surface area contributed by atoms with Crippen molar-refractivity contribution in [3.8, 4) is 0 Å². The zero-order chi connectivity index (χ0) is 16.4. The molecule has 2 amide bonds. The van der Waals surface area contributed by atoms with E-state index in [9.17, 15) is 9.59 Å². The van der Waals surface area contributed by atoms with Crippen LogP contribution in [0.4, 0.5) is 0 Å². The molecule has 120 valence electrons. The number of carbonyl (C=O) groups is 2. The van der Waals surface area contributed by atoms with Crippen molar-refractivity contribution in [2.75, 3.05) is 13.1 Å². The van der Waals surface area contributed by atoms with E-state index in [1.54, 1.807) is 11.0 Å². The van der Waals surface area contributed by atoms with Gasteiger partial charge in [0.25, 0.3) is 5.91 Å². The fraction of sp³-hybridized carbons (Fsp3) is 0.294. The molecule has 23 heavy (non-hydrogen) atoms. The van der Waals surface area contributed by atoms with E-state index in [2.05, 4.69) is 21.2 Å². The molecule has 6 heteroatoms. The highest BCUT2D eigenvalue weighted by Gasteiger charge is 2.32. The first-order valence-electron chi connectivity index (χ1n) is 7.45. The third-order valence-electron chi connectivity index (χ3n) is 3.96. The lowest BCUT2D eigenvalue weighted by atomic mass is 10.0. The minimum atomic E-state index is -0.297. The number of halogens is 1. The Hall–Kier alpha value is -2.08. The van der Waals surface area contributed by atoms with Gasteiger partial charge < -0.3 is 14.6 Å². The van der Waals surface area contributed by atoms with Crippen molar-refractivity contribution in [3.63, 3.8) is 0 Å². The third-order valence-corrected chi connectivity index (χ3v) is 4.35. The Morgan fingerprint density at radius 2 is 2.09 bits per heavy atom. The zero-order valence-corrected chi connectivity index (χ0v) is 14.3. The number of hydrogen-bond donors (Lipinski definition) is 1. The van der Waals surface area contributed by atoms with E-state index in [0.717, 1.165) is 11.1 Å². The van der Waals surface area contributed by atoms with Gasteiger partial charge in [-0.05, 0) is 34.5 Å². The second-order valence-electron chi connectivity index (χ2n) is 5.54. The molecule has 1 N–H and O–H groups in total. The molecule has 1 atom stereocenters. The number of amides is 2. The molecule has 1 aliphatic heterocycles. The quantitative estimate of drug-likeness (QED) is 0.875. The predicted molar refractivity (Wildman–Crippen MR) is 89.0 cm³/mol. The number of carbonyl (C=O) groups excluding carboxylic acids is 2. The molecule has 0 bridgehead atoms. The van der Waals surface area contributed by atoms with Gasteiger partial charge in [-0.2, -0.15) is 0 Å². The average Bonchev–Trinajstić information content (AvgIpc) is 2.76. The largest absolute Gasteiger partial charge is 0.444 e. The summed E-state index contributed by atoms with van der Waals surface area (Å²) in [6, 6.07) is 11.1. The first kappa shape index (κ1) is 15.8. The van der Waals surface area contributed by atoms with Gasteiger partial charge in [0.2, 0.25) is 5.91 Å². The molecule has 2 heterocycles. The molecule has 0 unspecified atom stereocenters. The smallest absolute Gasteiger partial charge is 0.290 e. The molecule has 1 saturated heterocycles. The van der Waals surface area contributed by atoms with Crippen LogP contribution in [0.2, 0.25) is 0 Å². The molecule has 1 aliphatic rings. The minimum Gasteiger partial charge on any atom is -0.444 e. The van der Waals surface area contributed by atoms with Crippen molar-refractivity contribution in [2.45, 2.75) is 19.4 Å². The molecular weight excluding hydrogens is 360 g/mol. The molecule has 1 fully saturated rings. The van der Waals surface area contributed by atoms with E-state index in [4.69, 9.17) is 4.42 Å². The fourth-order valence-corrected chi connectivity index (χ4v) is 3.34. The maximum Gasteiger partial charge on any atom is 0.290 e. The maximum atomic E-state index is 12.9. The van der Waals surface area contributed by atoms with E-state index in [1.165, 1.54) is 0 Å². The van der Waals surface area contributed by atoms with Crippen LogP contribution < -0.4 is 5.32 Å². The summed E-state index contributed by atoms with van der Waals surface area (Å²) in [6.45, 7) is 2.72. The maximum absolute atomic E-state index is 12.9. The van der Waals surface area contributed by atoms with Crippen LogP contribution in [0.3, 0.4) is 0 Å². The number of aryl methyl sites for hydroxylation is 1. The van der Waals surface area contributed by atoms with Gasteiger partial charge in [0.15, 0.2) is 10.4 Å². The lowest BCUT2D eigenvalue weighted by molar-refractivity contribution is -0.121. The van der Waals surface area contributed by atoms with Gasteiger partial charge >= 0.3 is 0 Å². The number of furan rings is 1. The summed E-state index contributed by atoms with van der Waals surface area (Å²) in [4.78, 5) is 26.6. The highest BCUT2D eigenvalue weighted by atomic mass is 79.9. The van der Waals surface area contributed by atoms with Gasteiger partial charge in [-0.25, -0.2) is 0 Å². The summed E-state index contributed by atoms with van der Waals surface area (Å²) in [5.74, 6) is 0.0669. The van der Waals surface area contributed by atoms with Gasteiger partial charge in [-0.3, -0.25) is 9.59 Å². The van der Waals surface area contributed by atoms with E-state index in [0.29, 0.717) is 23.5 Å². The predicted octanol–water partition coefficient (Wildman–Crippen LogP) is 3.05. The van der Waals surface area contributed by atoms with E-state index in [-0.39, 0.29) is 24.3 Å². The SMILES string of the molecule is Cc1cc(Br)oc1C(=O)N1CCNC(=O)C[C@H]1c1ccccc1. The van der Waals surface area contributed by atoms with Crippen LogP contribution in [0.25, 0.3) is 0 Å². The number of nitrogens with one attached hydrogen (secondary N) is 1. The lowest BCUT2D eigenvalue weighted by Gasteiger charge is -2.29. The standard InChI is InChI=1S/C17H17BrN2O3/c1-11-9-14(18)23-16(11)17(22)20-8-7-19-15(21)10-13(20)12-5-3-2-4-6-12/h2-6,9,13H,7-8,10H2,1H3,(H,19,21)/t13-/m0/s1. The topological polar surface area (TPSA) is 62.6 Å². The highest BCUT2D eigenvalue weighted by molar-refractivity contribution is 9.10. The van der Waals surface area contributed by atoms with Crippen molar-refractivity contribution in [3.05, 3.63) is 58.0 Å². The summed E-state index contributed by atoms with van der Waals surface area (Å²) in [5, 5.41) is 2.83. The minimum absolute atomic E-state index is 0.0495. The summed E-state index contributed by atoms with van der Waals surface area (Å²) < 4.78 is 6.03. The van der Waals surface area contributed by atoms with Crippen molar-refractivity contribution in [1.29, 1.82) is 0 Å². The summed E-state index contributed by atoms with van der Waals surface area (Å²) >= 11 is 3.26. The Morgan fingerprint density at radius 1 is 1.35 bits per heavy atom. The molecule has 0 radical (unpaired) electrons. The third kappa shape index (κ3) is 3.32.